The van der Waals surface area contributed by atoms with E-state index in [9.17, 15) is 14.0 Å². The third-order valence-corrected chi connectivity index (χ3v) is 8.00. The third kappa shape index (κ3) is 3.64. The normalized spacial score (nSPS) is 17.1. The number of rotatable bonds is 5. The van der Waals surface area contributed by atoms with Gasteiger partial charge in [0.1, 0.15) is 16.5 Å². The highest BCUT2D eigenvalue weighted by atomic mass is 35.5. The average Bonchev–Trinajstić information content (AvgIpc) is 3.51. The number of aromatic nitrogens is 2. The Balaban J connectivity index is 1.44. The molecular formula is C23H24ClFN4O2S. The minimum Gasteiger partial charge on any atom is -0.349 e. The Morgan fingerprint density at radius 3 is 2.81 bits per heavy atom. The number of amides is 1. The number of aryl methyl sites for hydroxylation is 2. The van der Waals surface area contributed by atoms with E-state index in [1.807, 2.05) is 0 Å². The van der Waals surface area contributed by atoms with E-state index in [-0.39, 0.29) is 29.9 Å². The predicted molar refractivity (Wildman–Crippen MR) is 124 cm³/mol. The molecule has 2 aliphatic rings. The van der Waals surface area contributed by atoms with E-state index in [2.05, 4.69) is 15.2 Å². The molecule has 0 saturated carbocycles. The van der Waals surface area contributed by atoms with Crippen molar-refractivity contribution in [3.8, 4) is 0 Å². The van der Waals surface area contributed by atoms with Crippen LogP contribution < -0.4 is 10.9 Å². The quantitative estimate of drug-likeness (QED) is 0.605. The topological polar surface area (TPSA) is 67.2 Å². The van der Waals surface area contributed by atoms with Crippen molar-refractivity contribution < 1.29 is 9.18 Å². The molecule has 1 unspecified atom stereocenters. The molecule has 5 rings (SSSR count). The van der Waals surface area contributed by atoms with Crippen LogP contribution in [0, 0.1) is 12.7 Å². The van der Waals surface area contributed by atoms with Crippen LogP contribution in [0.25, 0.3) is 10.2 Å². The number of nitrogens with one attached hydrogen (secondary N) is 1. The Morgan fingerprint density at radius 1 is 1.28 bits per heavy atom. The lowest BCUT2D eigenvalue weighted by atomic mass is 10.0. The highest BCUT2D eigenvalue weighted by molar-refractivity contribution is 7.20. The number of hydrogen-bond acceptors (Lipinski definition) is 5. The number of thiophene rings is 1. The van der Waals surface area contributed by atoms with Gasteiger partial charge in [-0.3, -0.25) is 19.1 Å². The SMILES string of the molecule is Cc1c(C(=O)NCC(c2c(F)cccc2Cl)N2CCCC2)sc2nc3n(c(=O)c12)CCC3. The molecule has 0 spiro atoms. The number of carbonyl (C=O) groups is 1. The highest BCUT2D eigenvalue weighted by Crippen LogP contribution is 2.33. The standard InChI is InChI=1S/C23H24ClFN4O2S/c1-13-18-22(27-17-8-5-11-29(17)23(18)31)32-20(13)21(30)26-12-16(28-9-2-3-10-28)19-14(24)6-4-7-15(19)25/h4,6-7,16H,2-3,5,8-12H2,1H3,(H,26,30). The summed E-state index contributed by atoms with van der Waals surface area (Å²) in [4.78, 5) is 33.9. The molecule has 0 aliphatic carbocycles. The summed E-state index contributed by atoms with van der Waals surface area (Å²) in [7, 11) is 0. The van der Waals surface area contributed by atoms with E-state index in [1.165, 1.54) is 17.4 Å². The number of benzene rings is 1. The largest absolute Gasteiger partial charge is 0.349 e. The molecule has 0 bridgehead atoms. The van der Waals surface area contributed by atoms with Gasteiger partial charge in [0, 0.05) is 30.1 Å². The number of fused-ring (bicyclic) bond motifs is 2. The van der Waals surface area contributed by atoms with Crippen LogP contribution in [0.3, 0.4) is 0 Å². The van der Waals surface area contributed by atoms with Crippen LogP contribution >= 0.6 is 22.9 Å². The van der Waals surface area contributed by atoms with Crippen molar-refractivity contribution in [2.45, 2.75) is 45.2 Å². The fraction of sp³-hybridized carbons (Fsp3) is 0.435. The predicted octanol–water partition coefficient (Wildman–Crippen LogP) is 4.07. The van der Waals surface area contributed by atoms with E-state index in [0.717, 1.165) is 44.6 Å². The molecule has 1 atom stereocenters. The maximum atomic E-state index is 14.7. The number of halogens is 2. The molecule has 1 N–H and O–H groups in total. The Kier molecular flexibility index (Phi) is 5.77. The monoisotopic (exact) mass is 474 g/mol. The van der Waals surface area contributed by atoms with Crippen LogP contribution in [0.2, 0.25) is 5.02 Å². The zero-order valence-electron chi connectivity index (χ0n) is 17.8. The molecule has 2 aliphatic heterocycles. The van der Waals surface area contributed by atoms with Crippen LogP contribution in [0.15, 0.2) is 23.0 Å². The Hall–Kier alpha value is -2.29. The van der Waals surface area contributed by atoms with Gasteiger partial charge in [0.25, 0.3) is 11.5 Å². The highest BCUT2D eigenvalue weighted by Gasteiger charge is 2.29. The molecule has 168 valence electrons. The maximum Gasteiger partial charge on any atom is 0.262 e. The van der Waals surface area contributed by atoms with Gasteiger partial charge in [0.05, 0.1) is 16.3 Å². The van der Waals surface area contributed by atoms with Gasteiger partial charge >= 0.3 is 0 Å². The van der Waals surface area contributed by atoms with Gasteiger partial charge in [-0.2, -0.15) is 0 Å². The van der Waals surface area contributed by atoms with Gasteiger partial charge in [0.15, 0.2) is 0 Å². The van der Waals surface area contributed by atoms with Crippen molar-refractivity contribution in [1.29, 1.82) is 0 Å². The second-order valence-corrected chi connectivity index (χ2v) is 9.84. The van der Waals surface area contributed by atoms with E-state index in [4.69, 9.17) is 11.6 Å². The molecule has 1 saturated heterocycles. The number of likely N-dealkylation sites (tertiary alicyclic amines) is 1. The molecule has 9 heteroatoms. The average molecular weight is 475 g/mol. The lowest BCUT2D eigenvalue weighted by Crippen LogP contribution is -2.37. The summed E-state index contributed by atoms with van der Waals surface area (Å²) in [5.74, 6) is 0.152. The van der Waals surface area contributed by atoms with E-state index >= 15 is 0 Å². The zero-order chi connectivity index (χ0) is 22.4. The van der Waals surface area contributed by atoms with Crippen LogP contribution in [-0.4, -0.2) is 40.0 Å². The fourth-order valence-electron chi connectivity index (χ4n) is 4.86. The summed E-state index contributed by atoms with van der Waals surface area (Å²) < 4.78 is 16.4. The van der Waals surface area contributed by atoms with Crippen molar-refractivity contribution in [3.63, 3.8) is 0 Å². The first-order valence-electron chi connectivity index (χ1n) is 10.9. The Labute approximate surface area is 194 Å². The smallest absolute Gasteiger partial charge is 0.262 e. The zero-order valence-corrected chi connectivity index (χ0v) is 19.4. The summed E-state index contributed by atoms with van der Waals surface area (Å²) in [6, 6.07) is 4.32. The van der Waals surface area contributed by atoms with Crippen LogP contribution in [-0.2, 0) is 13.0 Å². The van der Waals surface area contributed by atoms with Crippen molar-refractivity contribution in [1.82, 2.24) is 19.8 Å². The third-order valence-electron chi connectivity index (χ3n) is 6.49. The second kappa shape index (κ2) is 8.57. The molecule has 1 fully saturated rings. The fourth-order valence-corrected chi connectivity index (χ4v) is 6.25. The molecule has 4 heterocycles. The summed E-state index contributed by atoms with van der Waals surface area (Å²) in [6.45, 7) is 4.37. The van der Waals surface area contributed by atoms with Gasteiger partial charge in [-0.1, -0.05) is 17.7 Å². The van der Waals surface area contributed by atoms with Crippen LogP contribution in [0.5, 0.6) is 0 Å². The Morgan fingerprint density at radius 2 is 2.06 bits per heavy atom. The summed E-state index contributed by atoms with van der Waals surface area (Å²) >= 11 is 7.61. The van der Waals surface area contributed by atoms with Crippen LogP contribution in [0.4, 0.5) is 4.39 Å². The minimum absolute atomic E-state index is 0.0663. The first kappa shape index (κ1) is 21.6. The minimum atomic E-state index is -0.367. The molecule has 2 aromatic heterocycles. The number of nitrogens with zero attached hydrogens (tertiary/aromatic N) is 3. The number of carbonyl (C=O) groups excluding carboxylic acids is 1. The van der Waals surface area contributed by atoms with E-state index < -0.39 is 0 Å². The lowest BCUT2D eigenvalue weighted by Gasteiger charge is -2.29. The second-order valence-electron chi connectivity index (χ2n) is 8.43. The van der Waals surface area contributed by atoms with Crippen molar-refractivity contribution in [2.75, 3.05) is 19.6 Å². The maximum absolute atomic E-state index is 14.7. The van der Waals surface area contributed by atoms with Crippen LogP contribution in [0.1, 0.15) is 51.9 Å². The summed E-state index contributed by atoms with van der Waals surface area (Å²) in [5, 5.41) is 3.86. The van der Waals surface area contributed by atoms with Gasteiger partial charge in [0.2, 0.25) is 0 Å². The van der Waals surface area contributed by atoms with Gasteiger partial charge in [-0.05, 0) is 57.0 Å². The summed E-state index contributed by atoms with van der Waals surface area (Å²) in [6.07, 6.45) is 3.77. The van der Waals surface area contributed by atoms with E-state index in [0.29, 0.717) is 37.8 Å². The van der Waals surface area contributed by atoms with Crippen molar-refractivity contribution in [2.24, 2.45) is 0 Å². The number of hydrogen-bond donors (Lipinski definition) is 1. The van der Waals surface area contributed by atoms with Gasteiger partial charge < -0.3 is 5.32 Å². The molecular weight excluding hydrogens is 451 g/mol. The first-order chi connectivity index (χ1) is 15.5. The molecule has 1 amide bonds. The van der Waals surface area contributed by atoms with Gasteiger partial charge in [-0.15, -0.1) is 11.3 Å². The molecule has 6 nitrogen and oxygen atoms in total. The summed E-state index contributed by atoms with van der Waals surface area (Å²) in [5.41, 5.74) is 1.01. The molecule has 3 aromatic rings. The first-order valence-corrected chi connectivity index (χ1v) is 12.1. The molecule has 32 heavy (non-hydrogen) atoms. The van der Waals surface area contributed by atoms with Crippen molar-refractivity contribution in [3.05, 3.63) is 61.2 Å². The molecule has 1 aromatic carbocycles. The van der Waals surface area contributed by atoms with Gasteiger partial charge in [-0.25, -0.2) is 9.37 Å². The lowest BCUT2D eigenvalue weighted by molar-refractivity contribution is 0.0940. The Bertz CT molecular complexity index is 1240. The molecule has 0 radical (unpaired) electrons. The van der Waals surface area contributed by atoms with Crippen molar-refractivity contribution >= 4 is 39.1 Å². The van der Waals surface area contributed by atoms with E-state index in [1.54, 1.807) is 23.6 Å².